The highest BCUT2D eigenvalue weighted by molar-refractivity contribution is 4.91. The van der Waals surface area contributed by atoms with E-state index in [2.05, 4.69) is 47.5 Å². The van der Waals surface area contributed by atoms with Crippen LogP contribution in [0.1, 0.15) is 32.9 Å². The Labute approximate surface area is 127 Å². The average Bonchev–Trinajstić information content (AvgIpc) is 2.93. The number of aromatic nitrogens is 3. The highest BCUT2D eigenvalue weighted by atomic mass is 16.5. The van der Waals surface area contributed by atoms with Gasteiger partial charge in [0, 0.05) is 31.9 Å². The number of hydrogen-bond acceptors (Lipinski definition) is 5. The van der Waals surface area contributed by atoms with Crippen molar-refractivity contribution in [2.24, 2.45) is 5.92 Å². The van der Waals surface area contributed by atoms with Crippen molar-refractivity contribution in [3.8, 4) is 0 Å². The molecule has 0 amide bonds. The molecule has 2 heterocycles. The van der Waals surface area contributed by atoms with Gasteiger partial charge in [0.2, 0.25) is 0 Å². The SMILES string of the molecule is CCC1COCCN1CCn1cc(CNCC(C)C)nn1. The molecule has 1 unspecified atom stereocenters. The van der Waals surface area contributed by atoms with Crippen LogP contribution in [0.25, 0.3) is 0 Å². The second-order valence-corrected chi connectivity index (χ2v) is 6.17. The van der Waals surface area contributed by atoms with E-state index in [0.29, 0.717) is 12.0 Å². The summed E-state index contributed by atoms with van der Waals surface area (Å²) in [7, 11) is 0. The van der Waals surface area contributed by atoms with Crippen LogP contribution < -0.4 is 5.32 Å². The molecule has 1 aromatic rings. The lowest BCUT2D eigenvalue weighted by Crippen LogP contribution is -2.46. The molecular formula is C15H29N5O. The first-order valence-corrected chi connectivity index (χ1v) is 8.10. The minimum absolute atomic E-state index is 0.550. The maximum absolute atomic E-state index is 5.54. The van der Waals surface area contributed by atoms with Crippen LogP contribution in [0.2, 0.25) is 0 Å². The summed E-state index contributed by atoms with van der Waals surface area (Å²) in [6, 6.07) is 0.550. The number of nitrogens with zero attached hydrogens (tertiary/aromatic N) is 4. The average molecular weight is 295 g/mol. The van der Waals surface area contributed by atoms with Crippen molar-refractivity contribution in [2.45, 2.75) is 46.3 Å². The summed E-state index contributed by atoms with van der Waals surface area (Å²) in [5.41, 5.74) is 1.02. The third kappa shape index (κ3) is 5.37. The molecule has 1 fully saturated rings. The Morgan fingerprint density at radius 2 is 2.29 bits per heavy atom. The van der Waals surface area contributed by atoms with E-state index in [4.69, 9.17) is 4.74 Å². The van der Waals surface area contributed by atoms with Crippen LogP contribution in [0.5, 0.6) is 0 Å². The Kier molecular flexibility index (Phi) is 6.60. The molecule has 21 heavy (non-hydrogen) atoms. The predicted molar refractivity (Wildman–Crippen MR) is 83.0 cm³/mol. The zero-order valence-corrected chi connectivity index (χ0v) is 13.6. The number of ether oxygens (including phenoxy) is 1. The van der Waals surface area contributed by atoms with Gasteiger partial charge >= 0.3 is 0 Å². The van der Waals surface area contributed by atoms with Crippen LogP contribution in [0.4, 0.5) is 0 Å². The first-order valence-electron chi connectivity index (χ1n) is 8.10. The standard InChI is InChI=1S/C15H29N5O/c1-4-15-12-21-8-7-19(15)5-6-20-11-14(17-18-20)10-16-9-13(2)3/h11,13,15-16H,4-10,12H2,1-3H3. The van der Waals surface area contributed by atoms with Gasteiger partial charge in [-0.2, -0.15) is 0 Å². The monoisotopic (exact) mass is 295 g/mol. The summed E-state index contributed by atoms with van der Waals surface area (Å²) in [5, 5.41) is 11.8. The number of rotatable bonds is 8. The predicted octanol–water partition coefficient (Wildman–Crippen LogP) is 1.13. The quantitative estimate of drug-likeness (QED) is 0.779. The highest BCUT2D eigenvalue weighted by Gasteiger charge is 2.20. The smallest absolute Gasteiger partial charge is 0.0964 e. The van der Waals surface area contributed by atoms with Crippen molar-refractivity contribution in [1.82, 2.24) is 25.2 Å². The minimum Gasteiger partial charge on any atom is -0.378 e. The highest BCUT2D eigenvalue weighted by Crippen LogP contribution is 2.10. The second kappa shape index (κ2) is 8.46. The van der Waals surface area contributed by atoms with E-state index < -0.39 is 0 Å². The topological polar surface area (TPSA) is 55.2 Å². The van der Waals surface area contributed by atoms with Gasteiger partial charge in [-0.25, -0.2) is 0 Å². The molecule has 1 aliphatic heterocycles. The Balaban J connectivity index is 1.74. The first kappa shape index (κ1) is 16.4. The zero-order chi connectivity index (χ0) is 15.1. The summed E-state index contributed by atoms with van der Waals surface area (Å²) in [4.78, 5) is 2.50. The van der Waals surface area contributed by atoms with Gasteiger partial charge in [-0.05, 0) is 18.9 Å². The molecule has 0 aliphatic carbocycles. The van der Waals surface area contributed by atoms with Crippen LogP contribution in [-0.4, -0.2) is 58.8 Å². The van der Waals surface area contributed by atoms with Crippen LogP contribution >= 0.6 is 0 Å². The molecule has 0 spiro atoms. The molecular weight excluding hydrogens is 266 g/mol. The summed E-state index contributed by atoms with van der Waals surface area (Å²) in [6.07, 6.45) is 3.19. The van der Waals surface area contributed by atoms with Crippen molar-refractivity contribution < 1.29 is 4.74 Å². The van der Waals surface area contributed by atoms with E-state index in [1.165, 1.54) is 0 Å². The molecule has 0 saturated carbocycles. The van der Waals surface area contributed by atoms with Crippen LogP contribution in [0, 0.1) is 5.92 Å². The number of morpholine rings is 1. The third-order valence-electron chi connectivity index (χ3n) is 3.88. The summed E-state index contributed by atoms with van der Waals surface area (Å²) in [5.74, 6) is 0.660. The molecule has 0 radical (unpaired) electrons. The van der Waals surface area contributed by atoms with Crippen LogP contribution in [-0.2, 0) is 17.8 Å². The summed E-state index contributed by atoms with van der Waals surface area (Å²) < 4.78 is 7.49. The Bertz CT molecular complexity index is 407. The van der Waals surface area contributed by atoms with Gasteiger partial charge in [0.05, 0.1) is 25.5 Å². The molecule has 1 N–H and O–H groups in total. The van der Waals surface area contributed by atoms with Gasteiger partial charge in [0.25, 0.3) is 0 Å². The molecule has 1 saturated heterocycles. The molecule has 2 rings (SSSR count). The lowest BCUT2D eigenvalue weighted by molar-refractivity contribution is -0.0103. The van der Waals surface area contributed by atoms with Crippen molar-refractivity contribution in [3.05, 3.63) is 11.9 Å². The van der Waals surface area contributed by atoms with E-state index >= 15 is 0 Å². The molecule has 1 atom stereocenters. The molecule has 0 aromatic carbocycles. The van der Waals surface area contributed by atoms with E-state index in [-0.39, 0.29) is 0 Å². The minimum atomic E-state index is 0.550. The van der Waals surface area contributed by atoms with E-state index in [1.54, 1.807) is 0 Å². The fourth-order valence-corrected chi connectivity index (χ4v) is 2.61. The molecule has 6 heteroatoms. The van der Waals surface area contributed by atoms with Gasteiger partial charge in [-0.3, -0.25) is 9.58 Å². The molecule has 120 valence electrons. The molecule has 1 aliphatic rings. The third-order valence-corrected chi connectivity index (χ3v) is 3.88. The fraction of sp³-hybridized carbons (Fsp3) is 0.867. The largest absolute Gasteiger partial charge is 0.378 e. The van der Waals surface area contributed by atoms with Gasteiger partial charge < -0.3 is 10.1 Å². The molecule has 6 nitrogen and oxygen atoms in total. The number of hydrogen-bond donors (Lipinski definition) is 1. The molecule has 1 aromatic heterocycles. The van der Waals surface area contributed by atoms with Gasteiger partial charge in [0.15, 0.2) is 0 Å². The van der Waals surface area contributed by atoms with Gasteiger partial charge in [0.1, 0.15) is 0 Å². The lowest BCUT2D eigenvalue weighted by Gasteiger charge is -2.34. The second-order valence-electron chi connectivity index (χ2n) is 6.17. The first-order chi connectivity index (χ1) is 10.2. The van der Waals surface area contributed by atoms with Crippen molar-refractivity contribution in [2.75, 3.05) is 32.8 Å². The van der Waals surface area contributed by atoms with Crippen LogP contribution in [0.3, 0.4) is 0 Å². The van der Waals surface area contributed by atoms with Crippen LogP contribution in [0.15, 0.2) is 6.20 Å². The van der Waals surface area contributed by atoms with E-state index in [9.17, 15) is 0 Å². The lowest BCUT2D eigenvalue weighted by atomic mass is 10.2. The Morgan fingerprint density at radius 3 is 3.05 bits per heavy atom. The summed E-state index contributed by atoms with van der Waals surface area (Å²) in [6.45, 7) is 13.1. The maximum atomic E-state index is 5.54. The van der Waals surface area contributed by atoms with Crippen molar-refractivity contribution >= 4 is 0 Å². The Hall–Kier alpha value is -0.980. The van der Waals surface area contributed by atoms with Gasteiger partial charge in [-0.15, -0.1) is 5.10 Å². The zero-order valence-electron chi connectivity index (χ0n) is 13.6. The Morgan fingerprint density at radius 1 is 1.43 bits per heavy atom. The summed E-state index contributed by atoms with van der Waals surface area (Å²) >= 11 is 0. The normalized spacial score (nSPS) is 20.3. The van der Waals surface area contributed by atoms with E-state index in [0.717, 1.165) is 58.1 Å². The maximum Gasteiger partial charge on any atom is 0.0964 e. The fourth-order valence-electron chi connectivity index (χ4n) is 2.61. The number of nitrogens with one attached hydrogen (secondary N) is 1. The van der Waals surface area contributed by atoms with Crippen molar-refractivity contribution in [3.63, 3.8) is 0 Å². The van der Waals surface area contributed by atoms with Crippen molar-refractivity contribution in [1.29, 1.82) is 0 Å². The van der Waals surface area contributed by atoms with Gasteiger partial charge in [-0.1, -0.05) is 26.0 Å². The molecule has 0 bridgehead atoms. The van der Waals surface area contributed by atoms with E-state index in [1.807, 2.05) is 4.68 Å².